The first-order valence-corrected chi connectivity index (χ1v) is 13.4. The van der Waals surface area contributed by atoms with Gasteiger partial charge in [0.2, 0.25) is 0 Å². The lowest BCUT2D eigenvalue weighted by Crippen LogP contribution is -2.41. The smallest absolute Gasteiger partial charge is 0.316 e. The topological polar surface area (TPSA) is 29.5 Å². The Labute approximate surface area is 207 Å². The van der Waals surface area contributed by atoms with Crippen molar-refractivity contribution in [2.24, 2.45) is 5.92 Å². The van der Waals surface area contributed by atoms with E-state index in [2.05, 4.69) is 65.6 Å². The molecule has 0 N–H and O–H groups in total. The third kappa shape index (κ3) is 4.48. The number of fused-ring (bicyclic) bond motifs is 2. The van der Waals surface area contributed by atoms with E-state index in [4.69, 9.17) is 4.74 Å². The van der Waals surface area contributed by atoms with E-state index in [1.165, 1.54) is 27.6 Å². The van der Waals surface area contributed by atoms with Crippen LogP contribution >= 0.6 is 11.8 Å². The fourth-order valence-electron chi connectivity index (χ4n) is 5.66. The molecule has 2 aliphatic rings. The molecule has 0 aromatic heterocycles. The van der Waals surface area contributed by atoms with E-state index in [-0.39, 0.29) is 5.97 Å². The van der Waals surface area contributed by atoms with Gasteiger partial charge in [0.15, 0.2) is 0 Å². The molecule has 1 saturated carbocycles. The molecule has 3 aromatic carbocycles. The first-order chi connectivity index (χ1) is 16.7. The number of carbonyl (C=O) groups is 1. The first kappa shape index (κ1) is 23.0. The largest absolute Gasteiger partial charge is 0.465 e. The highest BCUT2D eigenvalue weighted by atomic mass is 32.2. The Balaban J connectivity index is 1.24. The summed E-state index contributed by atoms with van der Waals surface area (Å²) in [5.41, 5.74) is 3.28. The number of para-hydroxylation sites is 2. The van der Waals surface area contributed by atoms with E-state index in [9.17, 15) is 4.79 Å². The summed E-state index contributed by atoms with van der Waals surface area (Å²) < 4.78 is 5.55. The van der Waals surface area contributed by atoms with Crippen molar-refractivity contribution in [1.82, 2.24) is 0 Å². The predicted molar refractivity (Wildman–Crippen MR) is 140 cm³/mol. The number of esters is 1. The molecule has 5 rings (SSSR count). The maximum atomic E-state index is 13.1. The fourth-order valence-corrected chi connectivity index (χ4v) is 6.75. The van der Waals surface area contributed by atoms with Gasteiger partial charge in [-0.25, -0.2) is 0 Å². The van der Waals surface area contributed by atoms with Crippen LogP contribution in [0.25, 0.3) is 0 Å². The normalized spacial score (nSPS) is 21.4. The second kappa shape index (κ2) is 10.3. The Morgan fingerprint density at radius 1 is 0.912 bits per heavy atom. The summed E-state index contributed by atoms with van der Waals surface area (Å²) in [4.78, 5) is 18.2. The summed E-state index contributed by atoms with van der Waals surface area (Å²) in [5.74, 6) is 0.620. The van der Waals surface area contributed by atoms with Crippen LogP contribution in [0, 0.1) is 5.92 Å². The summed E-state index contributed by atoms with van der Waals surface area (Å²) in [6.45, 7) is 3.36. The van der Waals surface area contributed by atoms with Gasteiger partial charge in [-0.15, -0.1) is 0 Å². The van der Waals surface area contributed by atoms with Crippen molar-refractivity contribution in [3.8, 4) is 0 Å². The van der Waals surface area contributed by atoms with Crippen molar-refractivity contribution in [2.45, 2.75) is 60.7 Å². The molecule has 176 valence electrons. The number of benzene rings is 3. The molecule has 3 nitrogen and oxygen atoms in total. The minimum Gasteiger partial charge on any atom is -0.465 e. The maximum absolute atomic E-state index is 13.1. The van der Waals surface area contributed by atoms with Gasteiger partial charge in [-0.2, -0.15) is 0 Å². The zero-order valence-corrected chi connectivity index (χ0v) is 20.7. The molecule has 0 saturated heterocycles. The highest BCUT2D eigenvalue weighted by molar-refractivity contribution is 7.99. The Morgan fingerprint density at radius 2 is 1.50 bits per heavy atom. The first-order valence-electron chi connectivity index (χ1n) is 12.6. The minimum atomic E-state index is -0.476. The van der Waals surface area contributed by atoms with Crippen LogP contribution in [-0.2, 0) is 14.9 Å². The Bertz CT molecular complexity index is 1080. The van der Waals surface area contributed by atoms with Crippen molar-refractivity contribution in [1.29, 1.82) is 0 Å². The predicted octanol–water partition coefficient (Wildman–Crippen LogP) is 7.76. The summed E-state index contributed by atoms with van der Waals surface area (Å²) in [6, 6.07) is 27.8. The van der Waals surface area contributed by atoms with Crippen molar-refractivity contribution in [3.05, 3.63) is 84.4 Å². The van der Waals surface area contributed by atoms with Gasteiger partial charge in [-0.3, -0.25) is 4.79 Å². The van der Waals surface area contributed by atoms with Crippen LogP contribution in [0.2, 0.25) is 0 Å². The molecule has 0 spiro atoms. The van der Waals surface area contributed by atoms with Crippen LogP contribution < -0.4 is 4.90 Å². The van der Waals surface area contributed by atoms with Crippen LogP contribution in [0.1, 0.15) is 51.0 Å². The summed E-state index contributed by atoms with van der Waals surface area (Å²) in [5, 5.41) is 0. The van der Waals surface area contributed by atoms with Gasteiger partial charge < -0.3 is 9.64 Å². The van der Waals surface area contributed by atoms with Crippen LogP contribution in [0.15, 0.2) is 88.7 Å². The SMILES string of the molecule is CCOC(=O)C1(c2ccccc2)CCC(CCCN2c3ccccc3Sc3ccccc32)CC1. The van der Waals surface area contributed by atoms with Crippen molar-refractivity contribution in [2.75, 3.05) is 18.1 Å². The quantitative estimate of drug-likeness (QED) is 0.329. The van der Waals surface area contributed by atoms with Gasteiger partial charge >= 0.3 is 5.97 Å². The van der Waals surface area contributed by atoms with E-state index >= 15 is 0 Å². The molecule has 0 atom stereocenters. The second-order valence-corrected chi connectivity index (χ2v) is 10.5. The third-order valence-corrected chi connectivity index (χ3v) is 8.61. The van der Waals surface area contributed by atoms with E-state index in [0.29, 0.717) is 12.5 Å². The number of carbonyl (C=O) groups excluding carboxylic acids is 1. The molecule has 1 aliphatic carbocycles. The molecule has 1 fully saturated rings. The molecule has 34 heavy (non-hydrogen) atoms. The fraction of sp³-hybridized carbons (Fsp3) is 0.367. The Kier molecular flexibility index (Phi) is 6.96. The summed E-state index contributed by atoms with van der Waals surface area (Å²) in [6.07, 6.45) is 6.27. The monoisotopic (exact) mass is 471 g/mol. The maximum Gasteiger partial charge on any atom is 0.316 e. The second-order valence-electron chi connectivity index (χ2n) is 9.44. The van der Waals surface area contributed by atoms with Crippen LogP contribution in [-0.4, -0.2) is 19.1 Å². The minimum absolute atomic E-state index is 0.0429. The van der Waals surface area contributed by atoms with Gasteiger partial charge in [0.25, 0.3) is 0 Å². The number of hydrogen-bond acceptors (Lipinski definition) is 4. The highest BCUT2D eigenvalue weighted by Gasteiger charge is 2.44. The molecule has 0 unspecified atom stereocenters. The van der Waals surface area contributed by atoms with Gasteiger partial charge in [0, 0.05) is 16.3 Å². The lowest BCUT2D eigenvalue weighted by atomic mass is 9.66. The van der Waals surface area contributed by atoms with E-state index in [1.54, 1.807) is 0 Å². The molecular weight excluding hydrogens is 438 g/mol. The van der Waals surface area contributed by atoms with Gasteiger partial charge in [-0.1, -0.05) is 66.4 Å². The van der Waals surface area contributed by atoms with Crippen LogP contribution in [0.5, 0.6) is 0 Å². The zero-order chi connectivity index (χ0) is 23.4. The van der Waals surface area contributed by atoms with Crippen molar-refractivity contribution < 1.29 is 9.53 Å². The lowest BCUT2D eigenvalue weighted by Gasteiger charge is -2.39. The summed E-state index contributed by atoms with van der Waals surface area (Å²) >= 11 is 1.87. The van der Waals surface area contributed by atoms with Gasteiger partial charge in [-0.05, 0) is 81.2 Å². The van der Waals surface area contributed by atoms with Gasteiger partial charge in [0.1, 0.15) is 0 Å². The average molecular weight is 472 g/mol. The number of rotatable bonds is 7. The Morgan fingerprint density at radius 3 is 2.12 bits per heavy atom. The van der Waals surface area contributed by atoms with E-state index in [0.717, 1.165) is 44.2 Å². The molecule has 3 aromatic rings. The van der Waals surface area contributed by atoms with Crippen molar-refractivity contribution >= 4 is 29.1 Å². The molecule has 1 heterocycles. The number of ether oxygens (including phenoxy) is 1. The van der Waals surface area contributed by atoms with E-state index in [1.807, 2.05) is 36.9 Å². The zero-order valence-electron chi connectivity index (χ0n) is 19.9. The number of nitrogens with zero attached hydrogens (tertiary/aromatic N) is 1. The van der Waals surface area contributed by atoms with E-state index < -0.39 is 5.41 Å². The highest BCUT2D eigenvalue weighted by Crippen LogP contribution is 2.48. The molecule has 1 aliphatic heterocycles. The third-order valence-electron chi connectivity index (χ3n) is 7.48. The number of anilines is 2. The van der Waals surface area contributed by atoms with Crippen LogP contribution in [0.3, 0.4) is 0 Å². The standard InChI is InChI=1S/C30H33NO2S/c1-2-33-29(32)30(24-12-4-3-5-13-24)20-18-23(19-21-30)11-10-22-31-25-14-6-8-16-27(25)34-28-17-9-7-15-26(28)31/h3-9,12-17,23H,2,10-11,18-22H2,1H3. The number of hydrogen-bond donors (Lipinski definition) is 0. The summed E-state index contributed by atoms with van der Waals surface area (Å²) in [7, 11) is 0. The average Bonchev–Trinajstić information content (AvgIpc) is 2.89. The van der Waals surface area contributed by atoms with Crippen LogP contribution in [0.4, 0.5) is 11.4 Å². The molecule has 0 radical (unpaired) electrons. The molecule has 0 bridgehead atoms. The molecule has 0 amide bonds. The molecule has 4 heteroatoms. The van der Waals surface area contributed by atoms with Gasteiger partial charge in [0.05, 0.1) is 23.4 Å². The lowest BCUT2D eigenvalue weighted by molar-refractivity contribution is -0.152. The van der Waals surface area contributed by atoms with Crippen molar-refractivity contribution in [3.63, 3.8) is 0 Å². The Hall–Kier alpha value is -2.72. The molecular formula is C30H33NO2S.